The number of allylic oxidation sites excluding steroid dienone is 1. The molecule has 2 heteroatoms. The van der Waals surface area contributed by atoms with Crippen molar-refractivity contribution in [1.29, 1.82) is 0 Å². The summed E-state index contributed by atoms with van der Waals surface area (Å²) < 4.78 is 5.38. The van der Waals surface area contributed by atoms with Crippen LogP contribution in [0.4, 0.5) is 0 Å². The maximum Gasteiger partial charge on any atom is 0.167 e. The molecule has 0 N–H and O–H groups in total. The van der Waals surface area contributed by atoms with Crippen LogP contribution in [0.15, 0.2) is 78.9 Å². The van der Waals surface area contributed by atoms with E-state index in [1.54, 1.807) is 7.11 Å². The third-order valence-corrected chi connectivity index (χ3v) is 4.96. The molecule has 0 radical (unpaired) electrons. The monoisotopic (exact) mass is 340 g/mol. The van der Waals surface area contributed by atoms with Gasteiger partial charge in [0.05, 0.1) is 12.7 Å². The number of para-hydroxylation sites is 1. The highest BCUT2D eigenvalue weighted by atomic mass is 16.5. The molecule has 0 spiro atoms. The summed E-state index contributed by atoms with van der Waals surface area (Å²) in [6, 6.07) is 26.1. The average molecular weight is 340 g/mol. The highest BCUT2D eigenvalue weighted by Crippen LogP contribution is 2.44. The Labute approximate surface area is 153 Å². The smallest absolute Gasteiger partial charge is 0.167 e. The highest BCUT2D eigenvalue weighted by Gasteiger charge is 2.29. The molecule has 1 aliphatic carbocycles. The summed E-state index contributed by atoms with van der Waals surface area (Å²) in [6.45, 7) is 0. The molecule has 3 aromatic carbocycles. The van der Waals surface area contributed by atoms with Gasteiger partial charge in [-0.05, 0) is 34.4 Å². The SMILES string of the molecule is COc1ccccc1C(=O)CC1C(c2ccccc2)=Cc2ccccc21. The number of carbonyl (C=O) groups excluding carboxylic acids is 1. The Morgan fingerprint density at radius 1 is 0.885 bits per heavy atom. The van der Waals surface area contributed by atoms with Crippen LogP contribution in [0, 0.1) is 0 Å². The Morgan fingerprint density at radius 2 is 1.58 bits per heavy atom. The fourth-order valence-electron chi connectivity index (χ4n) is 3.70. The van der Waals surface area contributed by atoms with Gasteiger partial charge in [0.25, 0.3) is 0 Å². The number of ether oxygens (including phenoxy) is 1. The second kappa shape index (κ2) is 7.01. The van der Waals surface area contributed by atoms with E-state index < -0.39 is 0 Å². The quantitative estimate of drug-likeness (QED) is 0.565. The molecule has 0 heterocycles. The van der Waals surface area contributed by atoms with E-state index in [9.17, 15) is 4.79 Å². The van der Waals surface area contributed by atoms with Gasteiger partial charge in [-0.25, -0.2) is 0 Å². The van der Waals surface area contributed by atoms with E-state index in [2.05, 4.69) is 30.3 Å². The van der Waals surface area contributed by atoms with E-state index in [-0.39, 0.29) is 11.7 Å². The minimum absolute atomic E-state index is 0.0611. The number of carbonyl (C=O) groups is 1. The lowest BCUT2D eigenvalue weighted by molar-refractivity contribution is 0.0976. The van der Waals surface area contributed by atoms with Crippen LogP contribution in [-0.2, 0) is 0 Å². The summed E-state index contributed by atoms with van der Waals surface area (Å²) in [7, 11) is 1.60. The summed E-state index contributed by atoms with van der Waals surface area (Å²) in [4.78, 5) is 13.1. The Bertz CT molecular complexity index is 970. The van der Waals surface area contributed by atoms with Gasteiger partial charge in [0.15, 0.2) is 5.78 Å². The zero-order valence-corrected chi connectivity index (χ0v) is 14.7. The first-order chi connectivity index (χ1) is 12.8. The predicted molar refractivity (Wildman–Crippen MR) is 105 cm³/mol. The molecule has 3 aromatic rings. The van der Waals surface area contributed by atoms with Gasteiger partial charge in [0, 0.05) is 12.3 Å². The highest BCUT2D eigenvalue weighted by molar-refractivity contribution is 6.02. The fraction of sp³-hybridized carbons (Fsp3) is 0.125. The van der Waals surface area contributed by atoms with Gasteiger partial charge >= 0.3 is 0 Å². The van der Waals surface area contributed by atoms with Gasteiger partial charge in [-0.2, -0.15) is 0 Å². The molecule has 0 saturated carbocycles. The standard InChI is InChI=1S/C24H20O2/c1-26-24-14-8-7-13-20(24)23(25)16-22-19-12-6-5-11-18(19)15-21(22)17-9-3-2-4-10-17/h2-15,22H,16H2,1H3. The van der Waals surface area contributed by atoms with E-state index in [1.807, 2.05) is 54.6 Å². The second-order valence-electron chi connectivity index (χ2n) is 6.47. The number of methoxy groups -OCH3 is 1. The number of benzene rings is 3. The first-order valence-corrected chi connectivity index (χ1v) is 8.80. The van der Waals surface area contributed by atoms with Crippen LogP contribution in [0.25, 0.3) is 11.6 Å². The molecule has 0 amide bonds. The number of Topliss-reactive ketones (excluding diaryl/α,β-unsaturated/α-hetero) is 1. The van der Waals surface area contributed by atoms with E-state index in [1.165, 1.54) is 22.3 Å². The van der Waals surface area contributed by atoms with Crippen molar-refractivity contribution in [3.63, 3.8) is 0 Å². The van der Waals surface area contributed by atoms with Crippen molar-refractivity contribution < 1.29 is 9.53 Å². The molecule has 4 rings (SSSR count). The van der Waals surface area contributed by atoms with Gasteiger partial charge in [-0.15, -0.1) is 0 Å². The number of rotatable bonds is 5. The first-order valence-electron chi connectivity index (χ1n) is 8.80. The van der Waals surface area contributed by atoms with Crippen molar-refractivity contribution in [1.82, 2.24) is 0 Å². The molecule has 26 heavy (non-hydrogen) atoms. The van der Waals surface area contributed by atoms with Crippen molar-refractivity contribution in [3.8, 4) is 5.75 Å². The molecule has 0 fully saturated rings. The maximum atomic E-state index is 13.1. The van der Waals surface area contributed by atoms with E-state index in [0.717, 1.165) is 0 Å². The van der Waals surface area contributed by atoms with E-state index in [0.29, 0.717) is 17.7 Å². The summed E-state index contributed by atoms with van der Waals surface area (Å²) in [5, 5.41) is 0. The van der Waals surface area contributed by atoms with Crippen molar-refractivity contribution in [2.24, 2.45) is 0 Å². The van der Waals surface area contributed by atoms with Gasteiger partial charge < -0.3 is 4.74 Å². The lowest BCUT2D eigenvalue weighted by Gasteiger charge is -2.17. The molecule has 0 aromatic heterocycles. The molecule has 0 saturated heterocycles. The normalized spacial score (nSPS) is 15.3. The Balaban J connectivity index is 1.71. The third kappa shape index (κ3) is 2.95. The minimum Gasteiger partial charge on any atom is -0.496 e. The second-order valence-corrected chi connectivity index (χ2v) is 6.47. The van der Waals surface area contributed by atoms with Crippen molar-refractivity contribution in [2.75, 3.05) is 7.11 Å². The summed E-state index contributed by atoms with van der Waals surface area (Å²) in [6.07, 6.45) is 2.64. The zero-order chi connectivity index (χ0) is 17.9. The van der Waals surface area contributed by atoms with Gasteiger partial charge in [-0.3, -0.25) is 4.79 Å². The molecule has 0 bridgehead atoms. The summed E-state index contributed by atoms with van der Waals surface area (Å²) in [5.74, 6) is 0.797. The molecule has 2 nitrogen and oxygen atoms in total. The van der Waals surface area contributed by atoms with Crippen LogP contribution in [0.1, 0.15) is 39.4 Å². The van der Waals surface area contributed by atoms with Crippen molar-refractivity contribution in [3.05, 3.63) is 101 Å². The number of hydrogen-bond donors (Lipinski definition) is 0. The average Bonchev–Trinajstić information content (AvgIpc) is 3.07. The Morgan fingerprint density at radius 3 is 2.38 bits per heavy atom. The fourth-order valence-corrected chi connectivity index (χ4v) is 3.70. The number of ketones is 1. The molecular weight excluding hydrogens is 320 g/mol. The predicted octanol–water partition coefficient (Wildman–Crippen LogP) is 5.61. The largest absolute Gasteiger partial charge is 0.496 e. The molecule has 1 unspecified atom stereocenters. The topological polar surface area (TPSA) is 26.3 Å². The van der Waals surface area contributed by atoms with E-state index in [4.69, 9.17) is 4.74 Å². The van der Waals surface area contributed by atoms with Crippen LogP contribution < -0.4 is 4.74 Å². The Hall–Kier alpha value is -3.13. The molecule has 0 aliphatic heterocycles. The van der Waals surface area contributed by atoms with Crippen LogP contribution >= 0.6 is 0 Å². The van der Waals surface area contributed by atoms with Crippen LogP contribution in [-0.4, -0.2) is 12.9 Å². The maximum absolute atomic E-state index is 13.1. The number of fused-ring (bicyclic) bond motifs is 1. The third-order valence-electron chi connectivity index (χ3n) is 4.96. The lowest BCUT2D eigenvalue weighted by Crippen LogP contribution is -2.09. The summed E-state index contributed by atoms with van der Waals surface area (Å²) in [5.41, 5.74) is 5.43. The van der Waals surface area contributed by atoms with Crippen molar-refractivity contribution in [2.45, 2.75) is 12.3 Å². The lowest BCUT2D eigenvalue weighted by atomic mass is 9.86. The number of hydrogen-bond acceptors (Lipinski definition) is 2. The molecule has 1 aliphatic rings. The van der Waals surface area contributed by atoms with Gasteiger partial charge in [-0.1, -0.05) is 72.8 Å². The molecule has 128 valence electrons. The van der Waals surface area contributed by atoms with Gasteiger partial charge in [0.1, 0.15) is 5.75 Å². The Kier molecular flexibility index (Phi) is 4.40. The first kappa shape index (κ1) is 16.3. The molecular formula is C24H20O2. The summed E-state index contributed by atoms with van der Waals surface area (Å²) >= 11 is 0. The van der Waals surface area contributed by atoms with Crippen molar-refractivity contribution >= 4 is 17.4 Å². The van der Waals surface area contributed by atoms with Gasteiger partial charge in [0.2, 0.25) is 0 Å². The van der Waals surface area contributed by atoms with Crippen LogP contribution in [0.5, 0.6) is 5.75 Å². The van der Waals surface area contributed by atoms with Crippen LogP contribution in [0.3, 0.4) is 0 Å². The minimum atomic E-state index is 0.0611. The molecule has 1 atom stereocenters. The zero-order valence-electron chi connectivity index (χ0n) is 14.7. The van der Waals surface area contributed by atoms with Crippen LogP contribution in [0.2, 0.25) is 0 Å². The van der Waals surface area contributed by atoms with E-state index >= 15 is 0 Å².